The van der Waals surface area contributed by atoms with Crippen LogP contribution >= 0.6 is 23.1 Å². The Morgan fingerprint density at radius 3 is 2.86 bits per heavy atom. The summed E-state index contributed by atoms with van der Waals surface area (Å²) in [5.41, 5.74) is 1.18. The smallest absolute Gasteiger partial charge is 0.265 e. The second-order valence-electron chi connectivity index (χ2n) is 6.54. The molecule has 1 atom stereocenters. The van der Waals surface area contributed by atoms with Crippen LogP contribution in [0.5, 0.6) is 0 Å². The first-order valence-corrected chi connectivity index (χ1v) is 10.7. The Balaban J connectivity index is 1.46. The molecule has 9 nitrogen and oxygen atoms in total. The Labute approximate surface area is 172 Å². The molecule has 4 aromatic rings. The van der Waals surface area contributed by atoms with E-state index in [1.807, 2.05) is 37.3 Å². The number of hydrogen-bond donors (Lipinski definition) is 1. The van der Waals surface area contributed by atoms with E-state index in [-0.39, 0.29) is 23.9 Å². The highest BCUT2D eigenvalue weighted by molar-refractivity contribution is 7.99. The number of fused-ring (bicyclic) bond motifs is 2. The molecule has 1 aliphatic heterocycles. The van der Waals surface area contributed by atoms with Gasteiger partial charge in [0.15, 0.2) is 10.8 Å². The van der Waals surface area contributed by atoms with Crippen molar-refractivity contribution in [3.63, 3.8) is 0 Å². The predicted octanol–water partition coefficient (Wildman–Crippen LogP) is 2.42. The number of carbonyl (C=O) groups is 1. The van der Waals surface area contributed by atoms with Gasteiger partial charge in [0.05, 0.1) is 17.9 Å². The van der Waals surface area contributed by atoms with Gasteiger partial charge in [-0.15, -0.1) is 10.2 Å². The molecule has 0 unspecified atom stereocenters. The average molecular weight is 425 g/mol. The minimum Gasteiger partial charge on any atom is -0.300 e. The van der Waals surface area contributed by atoms with Gasteiger partial charge in [-0.2, -0.15) is 5.10 Å². The summed E-state index contributed by atoms with van der Waals surface area (Å²) in [5, 5.41) is 17.2. The number of thioether (sulfide) groups is 1. The van der Waals surface area contributed by atoms with Crippen LogP contribution in [0.25, 0.3) is 16.7 Å². The molecule has 4 heterocycles. The van der Waals surface area contributed by atoms with E-state index in [9.17, 15) is 9.59 Å². The molecule has 0 aliphatic carbocycles. The van der Waals surface area contributed by atoms with E-state index >= 15 is 0 Å². The van der Waals surface area contributed by atoms with Crippen LogP contribution < -0.4 is 10.9 Å². The van der Waals surface area contributed by atoms with Crippen LogP contribution in [0.1, 0.15) is 17.5 Å². The highest BCUT2D eigenvalue weighted by Gasteiger charge is 2.29. The molecule has 5 rings (SSSR count). The van der Waals surface area contributed by atoms with E-state index in [4.69, 9.17) is 0 Å². The van der Waals surface area contributed by atoms with Crippen molar-refractivity contribution in [2.45, 2.75) is 24.5 Å². The van der Waals surface area contributed by atoms with Crippen LogP contribution in [0.4, 0.5) is 5.13 Å². The highest BCUT2D eigenvalue weighted by atomic mass is 32.2. The summed E-state index contributed by atoms with van der Waals surface area (Å²) in [6.07, 6.45) is 1.70. The first-order chi connectivity index (χ1) is 14.1. The lowest BCUT2D eigenvalue weighted by atomic mass is 10.2. The molecule has 0 bridgehead atoms. The summed E-state index contributed by atoms with van der Waals surface area (Å²) in [6.45, 7) is 1.82. The van der Waals surface area contributed by atoms with Crippen molar-refractivity contribution in [2.75, 3.05) is 11.1 Å². The molecule has 1 aromatic carbocycles. The maximum Gasteiger partial charge on any atom is 0.265 e. The van der Waals surface area contributed by atoms with Gasteiger partial charge in [0.2, 0.25) is 11.0 Å². The summed E-state index contributed by atoms with van der Waals surface area (Å²) in [6, 6.07) is 9.29. The van der Waals surface area contributed by atoms with E-state index in [1.165, 1.54) is 29.3 Å². The summed E-state index contributed by atoms with van der Waals surface area (Å²) < 4.78 is 3.27. The van der Waals surface area contributed by atoms with E-state index in [0.717, 1.165) is 10.7 Å². The van der Waals surface area contributed by atoms with Crippen LogP contribution in [-0.2, 0) is 4.79 Å². The summed E-state index contributed by atoms with van der Waals surface area (Å²) in [4.78, 5) is 30.2. The Kier molecular flexibility index (Phi) is 4.40. The molecule has 1 aliphatic rings. The quantitative estimate of drug-likeness (QED) is 0.500. The largest absolute Gasteiger partial charge is 0.300 e. The molecule has 0 fully saturated rings. The highest BCUT2D eigenvalue weighted by Crippen LogP contribution is 2.33. The number of aryl methyl sites for hydroxylation is 1. The Morgan fingerprint density at radius 2 is 2.10 bits per heavy atom. The van der Waals surface area contributed by atoms with Crippen LogP contribution in [0, 0.1) is 6.92 Å². The molecule has 0 spiro atoms. The van der Waals surface area contributed by atoms with Crippen molar-refractivity contribution in [3.8, 4) is 5.69 Å². The van der Waals surface area contributed by atoms with E-state index in [1.54, 1.807) is 9.25 Å². The van der Waals surface area contributed by atoms with Gasteiger partial charge in [-0.1, -0.05) is 41.3 Å². The minimum atomic E-state index is -0.270. The van der Waals surface area contributed by atoms with E-state index in [0.29, 0.717) is 27.1 Å². The van der Waals surface area contributed by atoms with Crippen LogP contribution in [-0.4, -0.2) is 41.2 Å². The molecule has 29 heavy (non-hydrogen) atoms. The van der Waals surface area contributed by atoms with Crippen molar-refractivity contribution < 1.29 is 4.79 Å². The normalized spacial score (nSPS) is 15.6. The van der Waals surface area contributed by atoms with Crippen molar-refractivity contribution in [1.82, 2.24) is 29.5 Å². The van der Waals surface area contributed by atoms with Gasteiger partial charge < -0.3 is 5.32 Å². The third-order valence-corrected chi connectivity index (χ3v) is 6.42. The van der Waals surface area contributed by atoms with Gasteiger partial charge in [-0.05, 0) is 19.1 Å². The molecule has 11 heteroatoms. The minimum absolute atomic E-state index is 0.165. The van der Waals surface area contributed by atoms with Crippen molar-refractivity contribution in [2.24, 2.45) is 0 Å². The summed E-state index contributed by atoms with van der Waals surface area (Å²) in [7, 11) is 0. The fourth-order valence-electron chi connectivity index (χ4n) is 3.27. The fraction of sp³-hybridized carbons (Fsp3) is 0.222. The summed E-state index contributed by atoms with van der Waals surface area (Å²) >= 11 is 2.78. The Morgan fingerprint density at radius 1 is 1.28 bits per heavy atom. The lowest BCUT2D eigenvalue weighted by Crippen LogP contribution is -2.27. The number of rotatable bonds is 4. The van der Waals surface area contributed by atoms with Gasteiger partial charge >= 0.3 is 0 Å². The number of benzene rings is 1. The van der Waals surface area contributed by atoms with E-state index < -0.39 is 0 Å². The zero-order chi connectivity index (χ0) is 20.0. The molecule has 1 amide bonds. The number of hydrogen-bond acceptors (Lipinski definition) is 8. The van der Waals surface area contributed by atoms with Crippen molar-refractivity contribution in [1.29, 1.82) is 0 Å². The maximum absolute atomic E-state index is 13.1. The SMILES string of the molecule is Cc1nnc(NC(=O)C[C@H]2CSc3nc4c(cnn4-c4ccccc4)c(=O)n32)s1. The molecule has 0 radical (unpaired) electrons. The number of carbonyl (C=O) groups excluding carboxylic acids is 1. The maximum atomic E-state index is 13.1. The Hall–Kier alpha value is -3.05. The predicted molar refractivity (Wildman–Crippen MR) is 111 cm³/mol. The number of nitrogens with zero attached hydrogens (tertiary/aromatic N) is 6. The number of para-hydroxylation sites is 1. The molecule has 146 valence electrons. The lowest BCUT2D eigenvalue weighted by molar-refractivity contribution is -0.116. The number of aromatic nitrogens is 6. The monoisotopic (exact) mass is 425 g/mol. The molecule has 3 aromatic heterocycles. The van der Waals surface area contributed by atoms with Crippen molar-refractivity contribution in [3.05, 3.63) is 51.9 Å². The number of amides is 1. The number of anilines is 1. The Bertz CT molecular complexity index is 1280. The first kappa shape index (κ1) is 18.0. The third kappa shape index (κ3) is 3.21. The zero-order valence-corrected chi connectivity index (χ0v) is 16.9. The second-order valence-corrected chi connectivity index (χ2v) is 8.71. The lowest BCUT2D eigenvalue weighted by Gasteiger charge is -2.12. The van der Waals surface area contributed by atoms with Crippen molar-refractivity contribution >= 4 is 45.2 Å². The van der Waals surface area contributed by atoms with E-state index in [2.05, 4.69) is 25.6 Å². The number of nitrogens with one attached hydrogen (secondary N) is 1. The van der Waals surface area contributed by atoms with Gasteiger partial charge in [-0.25, -0.2) is 9.67 Å². The standard InChI is InChI=1S/C18H15N7O2S2/c1-10-22-23-17(29-10)20-14(26)7-12-9-28-18-21-15-13(16(27)24(12)18)8-19-25(15)11-5-3-2-4-6-11/h2-6,8,12H,7,9H2,1H3,(H,20,23,26)/t12-/m0/s1. The summed E-state index contributed by atoms with van der Waals surface area (Å²) in [5.74, 6) is 0.405. The average Bonchev–Trinajstić information content (AvgIpc) is 3.42. The second kappa shape index (κ2) is 7.08. The van der Waals surface area contributed by atoms with Crippen LogP contribution in [0.2, 0.25) is 0 Å². The van der Waals surface area contributed by atoms with Crippen LogP contribution in [0.15, 0.2) is 46.5 Å². The molecule has 0 saturated carbocycles. The van der Waals surface area contributed by atoms with Gasteiger partial charge in [0.25, 0.3) is 5.56 Å². The van der Waals surface area contributed by atoms with Gasteiger partial charge in [-0.3, -0.25) is 14.2 Å². The molecule has 1 N–H and O–H groups in total. The fourth-order valence-corrected chi connectivity index (χ4v) is 5.01. The van der Waals surface area contributed by atoms with Gasteiger partial charge in [0, 0.05) is 12.2 Å². The molecule has 0 saturated heterocycles. The first-order valence-electron chi connectivity index (χ1n) is 8.88. The van der Waals surface area contributed by atoms with Crippen LogP contribution in [0.3, 0.4) is 0 Å². The molecular weight excluding hydrogens is 410 g/mol. The molecular formula is C18H15N7O2S2. The topological polar surface area (TPSA) is 108 Å². The van der Waals surface area contributed by atoms with Gasteiger partial charge in [0.1, 0.15) is 10.4 Å². The zero-order valence-electron chi connectivity index (χ0n) is 15.3. The third-order valence-electron chi connectivity index (χ3n) is 4.56.